The highest BCUT2D eigenvalue weighted by atomic mass is 16.5. The lowest BCUT2D eigenvalue weighted by Crippen LogP contribution is -2.23. The van der Waals surface area contributed by atoms with E-state index in [1.54, 1.807) is 7.11 Å². The second-order valence-corrected chi connectivity index (χ2v) is 3.63. The summed E-state index contributed by atoms with van der Waals surface area (Å²) in [6.45, 7) is 4.40. The van der Waals surface area contributed by atoms with Crippen molar-refractivity contribution >= 4 is 0 Å². The van der Waals surface area contributed by atoms with Crippen molar-refractivity contribution in [3.63, 3.8) is 0 Å². The Morgan fingerprint density at radius 2 is 2.06 bits per heavy atom. The van der Waals surface area contributed by atoms with E-state index in [1.165, 1.54) is 0 Å². The molecular formula is C14H19NO2. The molecule has 1 rings (SSSR count). The average molecular weight is 233 g/mol. The van der Waals surface area contributed by atoms with E-state index in [4.69, 9.17) is 9.84 Å². The van der Waals surface area contributed by atoms with Gasteiger partial charge in [-0.2, -0.15) is 0 Å². The van der Waals surface area contributed by atoms with Crippen LogP contribution in [0.1, 0.15) is 12.5 Å². The molecule has 0 bridgehead atoms. The molecule has 3 nitrogen and oxygen atoms in total. The molecule has 0 aromatic heterocycles. The van der Waals surface area contributed by atoms with Gasteiger partial charge in [-0.1, -0.05) is 37.0 Å². The van der Waals surface area contributed by atoms with Gasteiger partial charge in [0.2, 0.25) is 0 Å². The van der Waals surface area contributed by atoms with Crippen molar-refractivity contribution in [1.82, 2.24) is 4.90 Å². The van der Waals surface area contributed by atoms with Crippen LogP contribution >= 0.6 is 0 Å². The summed E-state index contributed by atoms with van der Waals surface area (Å²) in [7, 11) is 1.68. The monoisotopic (exact) mass is 233 g/mol. The van der Waals surface area contributed by atoms with E-state index in [-0.39, 0.29) is 6.61 Å². The van der Waals surface area contributed by atoms with Gasteiger partial charge < -0.3 is 9.84 Å². The Labute approximate surface area is 103 Å². The fourth-order valence-corrected chi connectivity index (χ4v) is 1.58. The Balaban J connectivity index is 2.66. The largest absolute Gasteiger partial charge is 0.496 e. The summed E-state index contributed by atoms with van der Waals surface area (Å²) in [6, 6.07) is 7.98. The first-order valence-corrected chi connectivity index (χ1v) is 5.72. The number of para-hydroxylation sites is 1. The molecule has 17 heavy (non-hydrogen) atoms. The van der Waals surface area contributed by atoms with Crippen LogP contribution in [0, 0.1) is 11.8 Å². The summed E-state index contributed by atoms with van der Waals surface area (Å²) in [5.41, 5.74) is 1.16. The second kappa shape index (κ2) is 7.72. The first-order chi connectivity index (χ1) is 8.31. The lowest BCUT2D eigenvalue weighted by molar-refractivity contribution is 0.306. The number of nitrogens with zero attached hydrogens (tertiary/aromatic N) is 1. The maximum absolute atomic E-state index is 8.61. The number of ether oxygens (including phenoxy) is 1. The zero-order valence-corrected chi connectivity index (χ0v) is 10.4. The molecule has 1 N–H and O–H groups in total. The Hall–Kier alpha value is -1.50. The quantitative estimate of drug-likeness (QED) is 0.783. The average Bonchev–Trinajstić information content (AvgIpc) is 2.38. The molecule has 0 amide bonds. The fourth-order valence-electron chi connectivity index (χ4n) is 1.58. The van der Waals surface area contributed by atoms with Gasteiger partial charge in [-0.05, 0) is 12.6 Å². The predicted molar refractivity (Wildman–Crippen MR) is 68.8 cm³/mol. The smallest absolute Gasteiger partial charge is 0.123 e. The molecule has 1 aromatic rings. The Kier molecular flexibility index (Phi) is 6.16. The summed E-state index contributed by atoms with van der Waals surface area (Å²) >= 11 is 0. The number of rotatable bonds is 5. The summed E-state index contributed by atoms with van der Waals surface area (Å²) < 4.78 is 5.31. The molecule has 0 aliphatic rings. The van der Waals surface area contributed by atoms with Crippen LogP contribution in [-0.4, -0.2) is 36.8 Å². The van der Waals surface area contributed by atoms with Crippen molar-refractivity contribution in [3.8, 4) is 17.6 Å². The predicted octanol–water partition coefficient (Wildman–Crippen LogP) is 1.51. The molecule has 0 unspecified atom stereocenters. The molecule has 0 radical (unpaired) electrons. The highest BCUT2D eigenvalue weighted by molar-refractivity contribution is 5.33. The fraction of sp³-hybridized carbons (Fsp3) is 0.429. The molecular weight excluding hydrogens is 214 g/mol. The van der Waals surface area contributed by atoms with E-state index in [0.29, 0.717) is 6.54 Å². The molecule has 0 atom stereocenters. The molecule has 0 saturated heterocycles. The van der Waals surface area contributed by atoms with Gasteiger partial charge in [-0.3, -0.25) is 4.90 Å². The zero-order chi connectivity index (χ0) is 12.5. The number of benzene rings is 1. The van der Waals surface area contributed by atoms with Crippen molar-refractivity contribution in [1.29, 1.82) is 0 Å². The summed E-state index contributed by atoms with van der Waals surface area (Å²) in [4.78, 5) is 2.19. The number of aliphatic hydroxyl groups excluding tert-OH is 1. The molecule has 1 aromatic carbocycles. The second-order valence-electron chi connectivity index (χ2n) is 3.63. The third-order valence-corrected chi connectivity index (χ3v) is 2.54. The van der Waals surface area contributed by atoms with Crippen molar-refractivity contribution in [2.45, 2.75) is 13.5 Å². The topological polar surface area (TPSA) is 32.7 Å². The molecule has 0 heterocycles. The van der Waals surface area contributed by atoms with Gasteiger partial charge in [0.15, 0.2) is 0 Å². The van der Waals surface area contributed by atoms with Crippen LogP contribution in [0.25, 0.3) is 0 Å². The summed E-state index contributed by atoms with van der Waals surface area (Å²) in [6.07, 6.45) is 0. The van der Waals surface area contributed by atoms with Crippen molar-refractivity contribution in [2.75, 3.05) is 26.8 Å². The highest BCUT2D eigenvalue weighted by Crippen LogP contribution is 2.18. The van der Waals surface area contributed by atoms with Gasteiger partial charge in [0.05, 0.1) is 13.7 Å². The number of hydrogen-bond acceptors (Lipinski definition) is 3. The SMILES string of the molecule is CCN(CC#CCO)Cc1ccccc1OC. The van der Waals surface area contributed by atoms with Crippen LogP contribution in [-0.2, 0) is 6.54 Å². The molecule has 0 spiro atoms. The van der Waals surface area contributed by atoms with Crippen LogP contribution < -0.4 is 4.74 Å². The van der Waals surface area contributed by atoms with E-state index in [1.807, 2.05) is 18.2 Å². The van der Waals surface area contributed by atoms with E-state index in [9.17, 15) is 0 Å². The van der Waals surface area contributed by atoms with Gasteiger partial charge in [0, 0.05) is 12.1 Å². The van der Waals surface area contributed by atoms with Crippen LogP contribution in [0.5, 0.6) is 5.75 Å². The van der Waals surface area contributed by atoms with Crippen molar-refractivity contribution in [3.05, 3.63) is 29.8 Å². The third-order valence-electron chi connectivity index (χ3n) is 2.54. The van der Waals surface area contributed by atoms with Gasteiger partial charge >= 0.3 is 0 Å². The van der Waals surface area contributed by atoms with E-state index in [2.05, 4.69) is 29.7 Å². The minimum atomic E-state index is -0.0772. The Morgan fingerprint density at radius 3 is 2.71 bits per heavy atom. The van der Waals surface area contributed by atoms with Gasteiger partial charge in [-0.25, -0.2) is 0 Å². The summed E-state index contributed by atoms with van der Waals surface area (Å²) in [5, 5.41) is 8.61. The van der Waals surface area contributed by atoms with Crippen LogP contribution in [0.15, 0.2) is 24.3 Å². The standard InChI is InChI=1S/C14H19NO2/c1-3-15(10-6-7-11-16)12-13-8-4-5-9-14(13)17-2/h4-5,8-9,16H,3,10-12H2,1-2H3. The molecule has 0 fully saturated rings. The van der Waals surface area contributed by atoms with E-state index < -0.39 is 0 Å². The Bertz CT molecular complexity index is 393. The maximum Gasteiger partial charge on any atom is 0.123 e. The highest BCUT2D eigenvalue weighted by Gasteiger charge is 2.06. The lowest BCUT2D eigenvalue weighted by Gasteiger charge is -2.18. The van der Waals surface area contributed by atoms with Crippen LogP contribution in [0.3, 0.4) is 0 Å². The molecule has 3 heteroatoms. The summed E-state index contributed by atoms with van der Waals surface area (Å²) in [5.74, 6) is 6.49. The van der Waals surface area contributed by atoms with Gasteiger partial charge in [0.25, 0.3) is 0 Å². The normalized spacial score (nSPS) is 9.88. The molecule has 0 aliphatic carbocycles. The van der Waals surface area contributed by atoms with Crippen LogP contribution in [0.4, 0.5) is 0 Å². The molecule has 0 saturated carbocycles. The molecule has 0 aliphatic heterocycles. The van der Waals surface area contributed by atoms with Gasteiger partial charge in [0.1, 0.15) is 12.4 Å². The molecule has 92 valence electrons. The van der Waals surface area contributed by atoms with Gasteiger partial charge in [-0.15, -0.1) is 0 Å². The van der Waals surface area contributed by atoms with Crippen molar-refractivity contribution in [2.24, 2.45) is 0 Å². The first-order valence-electron chi connectivity index (χ1n) is 5.72. The van der Waals surface area contributed by atoms with E-state index in [0.717, 1.165) is 24.4 Å². The first kappa shape index (κ1) is 13.6. The number of methoxy groups -OCH3 is 1. The van der Waals surface area contributed by atoms with Crippen molar-refractivity contribution < 1.29 is 9.84 Å². The van der Waals surface area contributed by atoms with Crippen LogP contribution in [0.2, 0.25) is 0 Å². The van der Waals surface area contributed by atoms with E-state index >= 15 is 0 Å². The minimum absolute atomic E-state index is 0.0772. The Morgan fingerprint density at radius 1 is 1.29 bits per heavy atom. The number of hydrogen-bond donors (Lipinski definition) is 1. The number of aliphatic hydroxyl groups is 1. The maximum atomic E-state index is 8.61. The third kappa shape index (κ3) is 4.48. The lowest BCUT2D eigenvalue weighted by atomic mass is 10.2. The minimum Gasteiger partial charge on any atom is -0.496 e. The zero-order valence-electron chi connectivity index (χ0n) is 10.4.